The van der Waals surface area contributed by atoms with Gasteiger partial charge in [-0.3, -0.25) is 0 Å². The van der Waals surface area contributed by atoms with Gasteiger partial charge in [0.25, 0.3) is 0 Å². The van der Waals surface area contributed by atoms with E-state index in [0.29, 0.717) is 6.42 Å². The Morgan fingerprint density at radius 2 is 2.25 bits per heavy atom. The molecule has 4 nitrogen and oxygen atoms in total. The molecule has 0 aliphatic carbocycles. The molecular formula is C12H13NO3. The second-order valence-corrected chi connectivity index (χ2v) is 3.55. The third-order valence-electron chi connectivity index (χ3n) is 2.68. The predicted molar refractivity (Wildman–Crippen MR) is 61.2 cm³/mol. The molecule has 1 aromatic carbocycles. The lowest BCUT2D eigenvalue weighted by Gasteiger charge is -2.00. The highest BCUT2D eigenvalue weighted by molar-refractivity contribution is 5.97. The summed E-state index contributed by atoms with van der Waals surface area (Å²) in [5, 5.41) is 9.98. The SMILES string of the molecule is CCc1c(C(=O)O)[nH]c2ccc(OC)cc12. The number of carboxylic acids is 1. The molecular weight excluding hydrogens is 206 g/mol. The Balaban J connectivity index is 2.73. The van der Waals surface area contributed by atoms with Crippen LogP contribution in [0, 0.1) is 0 Å². The number of hydrogen-bond acceptors (Lipinski definition) is 2. The zero-order valence-corrected chi connectivity index (χ0v) is 9.20. The number of methoxy groups -OCH3 is 1. The summed E-state index contributed by atoms with van der Waals surface area (Å²) in [5.41, 5.74) is 1.92. The molecule has 84 valence electrons. The zero-order chi connectivity index (χ0) is 11.7. The first-order chi connectivity index (χ1) is 7.67. The standard InChI is InChI=1S/C12H13NO3/c1-3-8-9-6-7(16-2)4-5-10(9)13-11(8)12(14)15/h4-6,13H,3H2,1-2H3,(H,14,15). The van der Waals surface area contributed by atoms with Crippen LogP contribution in [-0.2, 0) is 6.42 Å². The summed E-state index contributed by atoms with van der Waals surface area (Å²) >= 11 is 0. The number of aromatic nitrogens is 1. The molecule has 2 aromatic rings. The fourth-order valence-corrected chi connectivity index (χ4v) is 1.90. The summed E-state index contributed by atoms with van der Waals surface area (Å²) in [5.74, 6) is -0.190. The number of fused-ring (bicyclic) bond motifs is 1. The smallest absolute Gasteiger partial charge is 0.352 e. The van der Waals surface area contributed by atoms with E-state index in [9.17, 15) is 4.79 Å². The maximum absolute atomic E-state index is 11.0. The first kappa shape index (κ1) is 10.5. The quantitative estimate of drug-likeness (QED) is 0.833. The van der Waals surface area contributed by atoms with Gasteiger partial charge < -0.3 is 14.8 Å². The minimum absolute atomic E-state index is 0.269. The minimum Gasteiger partial charge on any atom is -0.497 e. The summed E-state index contributed by atoms with van der Waals surface area (Å²) < 4.78 is 5.13. The van der Waals surface area contributed by atoms with Gasteiger partial charge in [0.1, 0.15) is 11.4 Å². The van der Waals surface area contributed by atoms with E-state index in [2.05, 4.69) is 4.98 Å². The zero-order valence-electron chi connectivity index (χ0n) is 9.20. The second-order valence-electron chi connectivity index (χ2n) is 3.55. The number of aromatic carboxylic acids is 1. The number of rotatable bonds is 3. The van der Waals surface area contributed by atoms with E-state index in [1.165, 1.54) is 0 Å². The molecule has 1 aromatic heterocycles. The Hall–Kier alpha value is -1.97. The average Bonchev–Trinajstić information content (AvgIpc) is 2.66. The first-order valence-corrected chi connectivity index (χ1v) is 5.09. The van der Waals surface area contributed by atoms with Crippen molar-refractivity contribution >= 4 is 16.9 Å². The van der Waals surface area contributed by atoms with Crippen molar-refractivity contribution in [3.05, 3.63) is 29.5 Å². The molecule has 0 radical (unpaired) electrons. The maximum Gasteiger partial charge on any atom is 0.352 e. The van der Waals surface area contributed by atoms with Crippen LogP contribution in [-0.4, -0.2) is 23.2 Å². The predicted octanol–water partition coefficient (Wildman–Crippen LogP) is 2.44. The molecule has 0 spiro atoms. The lowest BCUT2D eigenvalue weighted by Crippen LogP contribution is -2.00. The largest absolute Gasteiger partial charge is 0.497 e. The third-order valence-corrected chi connectivity index (χ3v) is 2.68. The molecule has 0 bridgehead atoms. The van der Waals surface area contributed by atoms with Crippen LogP contribution in [0.1, 0.15) is 23.0 Å². The number of hydrogen-bond donors (Lipinski definition) is 2. The molecule has 0 saturated carbocycles. The Morgan fingerprint density at radius 1 is 1.50 bits per heavy atom. The summed E-state index contributed by atoms with van der Waals surface area (Å²) in [7, 11) is 1.59. The van der Waals surface area contributed by atoms with Crippen LogP contribution in [0.15, 0.2) is 18.2 Å². The highest BCUT2D eigenvalue weighted by Crippen LogP contribution is 2.26. The molecule has 0 fully saturated rings. The molecule has 16 heavy (non-hydrogen) atoms. The van der Waals surface area contributed by atoms with Crippen molar-refractivity contribution in [3.63, 3.8) is 0 Å². The van der Waals surface area contributed by atoms with E-state index in [1.807, 2.05) is 25.1 Å². The van der Waals surface area contributed by atoms with Gasteiger partial charge in [0.15, 0.2) is 0 Å². The lowest BCUT2D eigenvalue weighted by molar-refractivity contribution is 0.0690. The van der Waals surface area contributed by atoms with Gasteiger partial charge in [-0.1, -0.05) is 6.92 Å². The van der Waals surface area contributed by atoms with Crippen LogP contribution < -0.4 is 4.74 Å². The number of H-pyrrole nitrogens is 1. The van der Waals surface area contributed by atoms with Crippen molar-refractivity contribution in [3.8, 4) is 5.75 Å². The molecule has 2 rings (SSSR count). The van der Waals surface area contributed by atoms with E-state index >= 15 is 0 Å². The maximum atomic E-state index is 11.0. The molecule has 4 heteroatoms. The molecule has 0 saturated heterocycles. The molecule has 1 heterocycles. The number of nitrogens with one attached hydrogen (secondary N) is 1. The van der Waals surface area contributed by atoms with Crippen molar-refractivity contribution in [2.45, 2.75) is 13.3 Å². The van der Waals surface area contributed by atoms with Crippen molar-refractivity contribution < 1.29 is 14.6 Å². The first-order valence-electron chi connectivity index (χ1n) is 5.09. The van der Waals surface area contributed by atoms with Gasteiger partial charge in [0, 0.05) is 10.9 Å². The van der Waals surface area contributed by atoms with Crippen molar-refractivity contribution in [1.82, 2.24) is 4.98 Å². The topological polar surface area (TPSA) is 62.3 Å². The van der Waals surface area contributed by atoms with Crippen LogP contribution >= 0.6 is 0 Å². The lowest BCUT2D eigenvalue weighted by atomic mass is 10.1. The Labute approximate surface area is 92.9 Å². The van der Waals surface area contributed by atoms with Gasteiger partial charge in [-0.05, 0) is 30.2 Å². The monoisotopic (exact) mass is 219 g/mol. The van der Waals surface area contributed by atoms with E-state index in [-0.39, 0.29) is 5.69 Å². The summed E-state index contributed by atoms with van der Waals surface area (Å²) in [6.45, 7) is 1.94. The van der Waals surface area contributed by atoms with Crippen LogP contribution in [0.2, 0.25) is 0 Å². The Bertz CT molecular complexity index is 542. The Kier molecular flexibility index (Phi) is 2.56. The molecule has 0 amide bonds. The van der Waals surface area contributed by atoms with Crippen LogP contribution in [0.25, 0.3) is 10.9 Å². The van der Waals surface area contributed by atoms with E-state index in [0.717, 1.165) is 22.2 Å². The normalized spacial score (nSPS) is 10.6. The average molecular weight is 219 g/mol. The number of ether oxygens (including phenoxy) is 1. The number of carbonyl (C=O) groups is 1. The Morgan fingerprint density at radius 3 is 2.81 bits per heavy atom. The van der Waals surface area contributed by atoms with Crippen LogP contribution in [0.4, 0.5) is 0 Å². The third kappa shape index (κ3) is 1.52. The number of carboxylic acid groups (broad SMARTS) is 1. The van der Waals surface area contributed by atoms with Gasteiger partial charge >= 0.3 is 5.97 Å². The van der Waals surface area contributed by atoms with Crippen molar-refractivity contribution in [2.24, 2.45) is 0 Å². The van der Waals surface area contributed by atoms with Gasteiger partial charge in [-0.25, -0.2) is 4.79 Å². The summed E-state index contributed by atoms with van der Waals surface area (Å²) in [6, 6.07) is 5.50. The molecule has 0 atom stereocenters. The molecule has 0 aliphatic heterocycles. The molecule has 0 aliphatic rings. The number of benzene rings is 1. The van der Waals surface area contributed by atoms with Crippen molar-refractivity contribution in [2.75, 3.05) is 7.11 Å². The minimum atomic E-state index is -0.924. The molecule has 2 N–H and O–H groups in total. The highest BCUT2D eigenvalue weighted by atomic mass is 16.5. The fraction of sp³-hybridized carbons (Fsp3) is 0.250. The highest BCUT2D eigenvalue weighted by Gasteiger charge is 2.15. The van der Waals surface area contributed by atoms with Gasteiger partial charge in [-0.2, -0.15) is 0 Å². The second kappa shape index (κ2) is 3.89. The van der Waals surface area contributed by atoms with E-state index in [1.54, 1.807) is 7.11 Å². The number of aryl methyl sites for hydroxylation is 1. The van der Waals surface area contributed by atoms with E-state index < -0.39 is 5.97 Å². The molecule has 0 unspecified atom stereocenters. The van der Waals surface area contributed by atoms with E-state index in [4.69, 9.17) is 9.84 Å². The van der Waals surface area contributed by atoms with Crippen molar-refractivity contribution in [1.29, 1.82) is 0 Å². The van der Waals surface area contributed by atoms with Crippen LogP contribution in [0.3, 0.4) is 0 Å². The summed E-state index contributed by atoms with van der Waals surface area (Å²) in [6.07, 6.45) is 0.675. The fourth-order valence-electron chi connectivity index (χ4n) is 1.90. The van der Waals surface area contributed by atoms with Gasteiger partial charge in [-0.15, -0.1) is 0 Å². The van der Waals surface area contributed by atoms with Gasteiger partial charge in [0.05, 0.1) is 7.11 Å². The van der Waals surface area contributed by atoms with Gasteiger partial charge in [0.2, 0.25) is 0 Å². The van der Waals surface area contributed by atoms with Crippen LogP contribution in [0.5, 0.6) is 5.75 Å². The number of aromatic amines is 1. The summed E-state index contributed by atoms with van der Waals surface area (Å²) in [4.78, 5) is 14.0.